The summed E-state index contributed by atoms with van der Waals surface area (Å²) in [6, 6.07) is 14.6. The minimum Gasteiger partial charge on any atom is -0.308 e. The smallest absolute Gasteiger partial charge is 0.258 e. The van der Waals surface area contributed by atoms with E-state index in [-0.39, 0.29) is 12.5 Å². The first kappa shape index (κ1) is 18.2. The molecule has 0 saturated heterocycles. The summed E-state index contributed by atoms with van der Waals surface area (Å²) in [7, 11) is -3.41. The van der Waals surface area contributed by atoms with E-state index in [1.54, 1.807) is 29.2 Å². The van der Waals surface area contributed by atoms with Gasteiger partial charge in [0.05, 0.1) is 18.5 Å². The van der Waals surface area contributed by atoms with Crippen molar-refractivity contribution >= 4 is 27.3 Å². The van der Waals surface area contributed by atoms with E-state index in [1.807, 2.05) is 18.2 Å². The lowest BCUT2D eigenvalue weighted by Gasteiger charge is -2.29. The summed E-state index contributed by atoms with van der Waals surface area (Å²) in [6.07, 6.45) is 4.59. The second-order valence-corrected chi connectivity index (χ2v) is 8.23. The van der Waals surface area contributed by atoms with Crippen LogP contribution >= 0.6 is 0 Å². The number of para-hydroxylation sites is 1. The molecule has 1 aliphatic heterocycles. The number of rotatable bonds is 5. The Balaban J connectivity index is 1.87. The molecule has 0 bridgehead atoms. The molecule has 2 aromatic carbocycles. The van der Waals surface area contributed by atoms with Crippen molar-refractivity contribution in [3.63, 3.8) is 0 Å². The fourth-order valence-electron chi connectivity index (χ4n) is 3.22. The summed E-state index contributed by atoms with van der Waals surface area (Å²) >= 11 is 0. The molecule has 5 nitrogen and oxygen atoms in total. The van der Waals surface area contributed by atoms with Crippen LogP contribution in [0.4, 0.5) is 11.4 Å². The van der Waals surface area contributed by atoms with Crippen LogP contribution < -0.4 is 9.21 Å². The molecule has 0 fully saturated rings. The van der Waals surface area contributed by atoms with E-state index in [9.17, 15) is 13.2 Å². The van der Waals surface area contributed by atoms with Crippen LogP contribution in [0.1, 0.15) is 22.3 Å². The quantitative estimate of drug-likeness (QED) is 0.759. The van der Waals surface area contributed by atoms with Crippen molar-refractivity contribution in [1.29, 1.82) is 0 Å². The average molecular weight is 370 g/mol. The number of carbonyl (C=O) groups excluding carboxylic acids is 1. The van der Waals surface area contributed by atoms with Crippen LogP contribution in [0, 0.1) is 0 Å². The predicted molar refractivity (Wildman–Crippen MR) is 105 cm³/mol. The van der Waals surface area contributed by atoms with Crippen molar-refractivity contribution in [3.05, 3.63) is 72.3 Å². The fourth-order valence-corrected chi connectivity index (χ4v) is 4.10. The number of sulfonamides is 1. The van der Waals surface area contributed by atoms with E-state index in [0.29, 0.717) is 17.8 Å². The lowest BCUT2D eigenvalue weighted by Crippen LogP contribution is -2.35. The van der Waals surface area contributed by atoms with Crippen LogP contribution in [0.5, 0.6) is 0 Å². The highest BCUT2D eigenvalue weighted by atomic mass is 32.2. The third kappa shape index (κ3) is 3.65. The summed E-state index contributed by atoms with van der Waals surface area (Å²) in [5.74, 6) is -0.0710. The minimum atomic E-state index is -3.41. The van der Waals surface area contributed by atoms with Gasteiger partial charge >= 0.3 is 0 Å². The summed E-state index contributed by atoms with van der Waals surface area (Å²) in [5, 5.41) is 0. The first-order chi connectivity index (χ1) is 12.4. The Morgan fingerprint density at radius 2 is 1.88 bits per heavy atom. The average Bonchev–Trinajstić information content (AvgIpc) is 2.64. The van der Waals surface area contributed by atoms with Gasteiger partial charge in [-0.2, -0.15) is 0 Å². The summed E-state index contributed by atoms with van der Waals surface area (Å²) in [4.78, 5) is 14.7. The largest absolute Gasteiger partial charge is 0.308 e. The Labute approximate surface area is 154 Å². The predicted octanol–water partition coefficient (Wildman–Crippen LogP) is 3.23. The molecule has 136 valence electrons. The number of aryl methyl sites for hydroxylation is 1. The standard InChI is InChI=1S/C20H22N2O3S/c1-3-14-22(26(2,24)25)18-12-10-17(11-13-18)20(23)21-15-6-8-16-7-4-5-9-19(16)21/h3-5,7,9-13H,1,6,8,14-15H2,2H3. The molecule has 0 spiro atoms. The molecule has 1 aliphatic rings. The summed E-state index contributed by atoms with van der Waals surface area (Å²) in [6.45, 7) is 4.47. The second-order valence-electron chi connectivity index (χ2n) is 6.32. The van der Waals surface area contributed by atoms with Gasteiger partial charge in [-0.1, -0.05) is 24.3 Å². The van der Waals surface area contributed by atoms with Gasteiger partial charge in [0.2, 0.25) is 10.0 Å². The Bertz CT molecular complexity index is 920. The summed E-state index contributed by atoms with van der Waals surface area (Å²) < 4.78 is 25.1. The van der Waals surface area contributed by atoms with Crippen LogP contribution in [-0.2, 0) is 16.4 Å². The van der Waals surface area contributed by atoms with E-state index < -0.39 is 10.0 Å². The van der Waals surface area contributed by atoms with E-state index in [4.69, 9.17) is 0 Å². The lowest BCUT2D eigenvalue weighted by atomic mass is 10.0. The first-order valence-electron chi connectivity index (χ1n) is 8.50. The van der Waals surface area contributed by atoms with Crippen LogP contribution in [-0.4, -0.2) is 33.7 Å². The Morgan fingerprint density at radius 3 is 2.54 bits per heavy atom. The third-order valence-corrected chi connectivity index (χ3v) is 5.61. The molecule has 2 aromatic rings. The number of anilines is 2. The van der Waals surface area contributed by atoms with Crippen molar-refractivity contribution in [3.8, 4) is 0 Å². The highest BCUT2D eigenvalue weighted by Crippen LogP contribution is 2.28. The molecule has 6 heteroatoms. The molecule has 0 N–H and O–H groups in total. The maximum atomic E-state index is 12.9. The molecule has 1 heterocycles. The Kier molecular flexibility index (Phi) is 5.13. The maximum absolute atomic E-state index is 12.9. The van der Waals surface area contributed by atoms with Gasteiger partial charge in [-0.3, -0.25) is 9.10 Å². The normalized spacial score (nSPS) is 13.8. The van der Waals surface area contributed by atoms with E-state index in [0.717, 1.165) is 24.8 Å². The molecule has 0 saturated carbocycles. The SMILES string of the molecule is C=CCN(c1ccc(C(=O)N2CCCc3ccccc32)cc1)S(C)(=O)=O. The molecule has 0 aromatic heterocycles. The minimum absolute atomic E-state index is 0.0710. The van der Waals surface area contributed by atoms with Gasteiger partial charge in [0.15, 0.2) is 0 Å². The van der Waals surface area contributed by atoms with Gasteiger partial charge in [-0.05, 0) is 48.7 Å². The number of fused-ring (bicyclic) bond motifs is 1. The first-order valence-corrected chi connectivity index (χ1v) is 10.3. The molecule has 3 rings (SSSR count). The van der Waals surface area contributed by atoms with Crippen LogP contribution in [0.15, 0.2) is 61.2 Å². The van der Waals surface area contributed by atoms with E-state index in [2.05, 4.69) is 12.6 Å². The molecule has 0 unspecified atom stereocenters. The van der Waals surface area contributed by atoms with Crippen LogP contribution in [0.25, 0.3) is 0 Å². The molecular weight excluding hydrogens is 348 g/mol. The number of amides is 1. The Morgan fingerprint density at radius 1 is 1.19 bits per heavy atom. The molecule has 0 aliphatic carbocycles. The zero-order valence-corrected chi connectivity index (χ0v) is 15.6. The monoisotopic (exact) mass is 370 g/mol. The highest BCUT2D eigenvalue weighted by molar-refractivity contribution is 7.92. The van der Waals surface area contributed by atoms with Gasteiger partial charge in [0.1, 0.15) is 0 Å². The summed E-state index contributed by atoms with van der Waals surface area (Å²) in [5.41, 5.74) is 3.19. The van der Waals surface area contributed by atoms with Gasteiger partial charge in [-0.25, -0.2) is 8.42 Å². The van der Waals surface area contributed by atoms with Gasteiger partial charge in [-0.15, -0.1) is 6.58 Å². The highest BCUT2D eigenvalue weighted by Gasteiger charge is 2.23. The fraction of sp³-hybridized carbons (Fsp3) is 0.250. The number of nitrogens with zero attached hydrogens (tertiary/aromatic N) is 2. The van der Waals surface area contributed by atoms with Crippen molar-refractivity contribution < 1.29 is 13.2 Å². The van der Waals surface area contributed by atoms with Crippen molar-refractivity contribution in [2.24, 2.45) is 0 Å². The number of benzene rings is 2. The molecule has 0 atom stereocenters. The topological polar surface area (TPSA) is 57.7 Å². The second kappa shape index (κ2) is 7.33. The van der Waals surface area contributed by atoms with E-state index >= 15 is 0 Å². The maximum Gasteiger partial charge on any atom is 0.258 e. The van der Waals surface area contributed by atoms with Gasteiger partial charge in [0.25, 0.3) is 5.91 Å². The molecular formula is C20H22N2O3S. The van der Waals surface area contributed by atoms with Crippen molar-refractivity contribution in [1.82, 2.24) is 0 Å². The molecule has 1 amide bonds. The lowest BCUT2D eigenvalue weighted by molar-refractivity contribution is 0.0985. The third-order valence-electron chi connectivity index (χ3n) is 4.45. The Hall–Kier alpha value is -2.60. The zero-order chi connectivity index (χ0) is 18.7. The number of hydrogen-bond donors (Lipinski definition) is 0. The van der Waals surface area contributed by atoms with Crippen LogP contribution in [0.3, 0.4) is 0 Å². The van der Waals surface area contributed by atoms with Crippen molar-refractivity contribution in [2.45, 2.75) is 12.8 Å². The van der Waals surface area contributed by atoms with Gasteiger partial charge < -0.3 is 4.90 Å². The zero-order valence-electron chi connectivity index (χ0n) is 14.8. The number of hydrogen-bond acceptors (Lipinski definition) is 3. The number of carbonyl (C=O) groups is 1. The molecule has 26 heavy (non-hydrogen) atoms. The van der Waals surface area contributed by atoms with Crippen LogP contribution in [0.2, 0.25) is 0 Å². The van der Waals surface area contributed by atoms with E-state index in [1.165, 1.54) is 15.9 Å². The molecule has 0 radical (unpaired) electrons. The van der Waals surface area contributed by atoms with Crippen molar-refractivity contribution in [2.75, 3.05) is 28.6 Å². The van der Waals surface area contributed by atoms with Gasteiger partial charge in [0, 0.05) is 17.8 Å².